The van der Waals surface area contributed by atoms with Crippen molar-refractivity contribution in [3.8, 4) is 5.75 Å². The maximum absolute atomic E-state index is 12.1. The van der Waals surface area contributed by atoms with E-state index in [1.165, 1.54) is 0 Å². The first-order valence-electron chi connectivity index (χ1n) is 5.99. The summed E-state index contributed by atoms with van der Waals surface area (Å²) in [5.74, 6) is 0.771. The highest BCUT2D eigenvalue weighted by Gasteiger charge is 2.10. The normalized spacial score (nSPS) is 10.1. The number of methoxy groups -OCH3 is 1. The summed E-state index contributed by atoms with van der Waals surface area (Å²) < 4.78 is 5.15. The minimum Gasteiger partial charge on any atom is -0.493 e. The van der Waals surface area contributed by atoms with E-state index in [0.717, 1.165) is 11.1 Å². The van der Waals surface area contributed by atoms with Gasteiger partial charge in [0.05, 0.1) is 7.11 Å². The van der Waals surface area contributed by atoms with Crippen LogP contribution in [0.3, 0.4) is 0 Å². The van der Waals surface area contributed by atoms with Crippen molar-refractivity contribution in [1.29, 1.82) is 0 Å². The topological polar surface area (TPSA) is 51.2 Å². The number of nitrogens with one attached hydrogen (secondary N) is 1. The average molecular weight is 256 g/mol. The van der Waals surface area contributed by atoms with Crippen molar-refractivity contribution in [3.63, 3.8) is 0 Å². The molecule has 4 nitrogen and oxygen atoms in total. The van der Waals surface area contributed by atoms with E-state index >= 15 is 0 Å². The van der Waals surface area contributed by atoms with Crippen LogP contribution in [-0.2, 0) is 0 Å². The van der Waals surface area contributed by atoms with Crippen molar-refractivity contribution in [2.75, 3.05) is 12.4 Å². The van der Waals surface area contributed by atoms with Gasteiger partial charge >= 0.3 is 0 Å². The van der Waals surface area contributed by atoms with Gasteiger partial charge in [-0.15, -0.1) is 0 Å². The van der Waals surface area contributed by atoms with Crippen LogP contribution >= 0.6 is 0 Å². The SMILES string of the molecule is COc1cccnc1NC(=O)c1ccc(C)c(C)c1. The van der Waals surface area contributed by atoms with E-state index in [0.29, 0.717) is 17.1 Å². The maximum atomic E-state index is 12.1. The van der Waals surface area contributed by atoms with Gasteiger partial charge in [-0.2, -0.15) is 0 Å². The van der Waals surface area contributed by atoms with Crippen LogP contribution in [0.15, 0.2) is 36.5 Å². The molecular formula is C15H16N2O2. The molecule has 19 heavy (non-hydrogen) atoms. The largest absolute Gasteiger partial charge is 0.493 e. The predicted octanol–water partition coefficient (Wildman–Crippen LogP) is 2.96. The molecule has 0 fully saturated rings. The molecule has 0 aliphatic rings. The summed E-state index contributed by atoms with van der Waals surface area (Å²) >= 11 is 0. The third-order valence-electron chi connectivity index (χ3n) is 2.99. The molecule has 0 atom stereocenters. The van der Waals surface area contributed by atoms with Crippen LogP contribution in [0.25, 0.3) is 0 Å². The van der Waals surface area contributed by atoms with Crippen molar-refractivity contribution in [3.05, 3.63) is 53.2 Å². The van der Waals surface area contributed by atoms with Crippen molar-refractivity contribution in [1.82, 2.24) is 4.98 Å². The standard InChI is InChI=1S/C15H16N2O2/c1-10-6-7-12(9-11(10)2)15(18)17-14-13(19-3)5-4-8-16-14/h4-9H,1-3H3,(H,16,17,18). The number of nitrogens with zero attached hydrogens (tertiary/aromatic N) is 1. The number of ether oxygens (including phenoxy) is 1. The van der Waals surface area contributed by atoms with Gasteiger partial charge in [-0.05, 0) is 49.2 Å². The maximum Gasteiger partial charge on any atom is 0.256 e. The number of carbonyl (C=O) groups excluding carboxylic acids is 1. The number of anilines is 1. The molecule has 2 aromatic rings. The van der Waals surface area contributed by atoms with Crippen molar-refractivity contribution >= 4 is 11.7 Å². The molecule has 0 aliphatic carbocycles. The van der Waals surface area contributed by atoms with E-state index in [-0.39, 0.29) is 5.91 Å². The number of aromatic nitrogens is 1. The minimum absolute atomic E-state index is 0.194. The van der Waals surface area contributed by atoms with Crippen molar-refractivity contribution in [2.24, 2.45) is 0 Å². The van der Waals surface area contributed by atoms with E-state index < -0.39 is 0 Å². The molecule has 0 saturated heterocycles. The van der Waals surface area contributed by atoms with Crippen LogP contribution in [0, 0.1) is 13.8 Å². The van der Waals surface area contributed by atoms with Crippen LogP contribution in [0.2, 0.25) is 0 Å². The first-order chi connectivity index (χ1) is 9.11. The highest BCUT2D eigenvalue weighted by atomic mass is 16.5. The molecule has 0 radical (unpaired) electrons. The number of amides is 1. The Hall–Kier alpha value is -2.36. The Bertz CT molecular complexity index is 609. The number of hydrogen-bond donors (Lipinski definition) is 1. The average Bonchev–Trinajstić information content (AvgIpc) is 2.42. The van der Waals surface area contributed by atoms with Gasteiger partial charge in [-0.3, -0.25) is 4.79 Å². The Morgan fingerprint density at radius 1 is 1.21 bits per heavy atom. The number of hydrogen-bond acceptors (Lipinski definition) is 3. The van der Waals surface area contributed by atoms with E-state index in [9.17, 15) is 4.79 Å². The molecule has 1 N–H and O–H groups in total. The first-order valence-corrected chi connectivity index (χ1v) is 5.99. The molecule has 1 aromatic heterocycles. The van der Waals surface area contributed by atoms with Gasteiger partial charge in [0.15, 0.2) is 11.6 Å². The molecule has 2 rings (SSSR count). The third kappa shape index (κ3) is 2.91. The van der Waals surface area contributed by atoms with Crippen LogP contribution in [-0.4, -0.2) is 18.0 Å². The Kier molecular flexibility index (Phi) is 3.80. The van der Waals surface area contributed by atoms with Crippen molar-refractivity contribution in [2.45, 2.75) is 13.8 Å². The second-order valence-corrected chi connectivity index (χ2v) is 4.31. The van der Waals surface area contributed by atoms with Gasteiger partial charge in [-0.1, -0.05) is 6.07 Å². The fourth-order valence-corrected chi connectivity index (χ4v) is 1.71. The number of benzene rings is 1. The lowest BCUT2D eigenvalue weighted by Crippen LogP contribution is -2.14. The molecule has 0 spiro atoms. The lowest BCUT2D eigenvalue weighted by atomic mass is 10.1. The van der Waals surface area contributed by atoms with Gasteiger partial charge in [-0.25, -0.2) is 4.98 Å². The summed E-state index contributed by atoms with van der Waals surface area (Å²) in [4.78, 5) is 16.2. The molecule has 1 aromatic carbocycles. The molecule has 0 aliphatic heterocycles. The summed E-state index contributed by atoms with van der Waals surface area (Å²) in [6.07, 6.45) is 1.61. The molecule has 0 unspecified atom stereocenters. The van der Waals surface area contributed by atoms with Crippen LogP contribution in [0.4, 0.5) is 5.82 Å². The van der Waals surface area contributed by atoms with E-state index in [1.807, 2.05) is 26.0 Å². The van der Waals surface area contributed by atoms with Gasteiger partial charge in [0.1, 0.15) is 0 Å². The fraction of sp³-hybridized carbons (Fsp3) is 0.200. The molecule has 0 bridgehead atoms. The molecular weight excluding hydrogens is 240 g/mol. The smallest absolute Gasteiger partial charge is 0.256 e. The van der Waals surface area contributed by atoms with Gasteiger partial charge < -0.3 is 10.1 Å². The molecule has 1 amide bonds. The van der Waals surface area contributed by atoms with Crippen molar-refractivity contribution < 1.29 is 9.53 Å². The zero-order chi connectivity index (χ0) is 13.8. The third-order valence-corrected chi connectivity index (χ3v) is 2.99. The lowest BCUT2D eigenvalue weighted by molar-refractivity contribution is 0.102. The highest BCUT2D eigenvalue weighted by molar-refractivity contribution is 6.04. The lowest BCUT2D eigenvalue weighted by Gasteiger charge is -2.09. The summed E-state index contributed by atoms with van der Waals surface area (Å²) in [7, 11) is 1.54. The number of rotatable bonds is 3. The van der Waals surface area contributed by atoms with Gasteiger partial charge in [0, 0.05) is 11.8 Å². The van der Waals surface area contributed by atoms with E-state index in [1.54, 1.807) is 31.5 Å². The monoisotopic (exact) mass is 256 g/mol. The Labute approximate surface area is 112 Å². The van der Waals surface area contributed by atoms with Gasteiger partial charge in [0.25, 0.3) is 5.91 Å². The first kappa shape index (κ1) is 13.1. The summed E-state index contributed by atoms with van der Waals surface area (Å²) in [5.41, 5.74) is 2.85. The Morgan fingerprint density at radius 3 is 2.68 bits per heavy atom. The molecule has 98 valence electrons. The van der Waals surface area contributed by atoms with Crippen LogP contribution in [0.1, 0.15) is 21.5 Å². The number of carbonyl (C=O) groups is 1. The second kappa shape index (κ2) is 5.52. The van der Waals surface area contributed by atoms with Crippen LogP contribution in [0.5, 0.6) is 5.75 Å². The predicted molar refractivity (Wildman–Crippen MR) is 74.7 cm³/mol. The molecule has 1 heterocycles. The summed E-state index contributed by atoms with van der Waals surface area (Å²) in [5, 5.41) is 2.75. The highest BCUT2D eigenvalue weighted by Crippen LogP contribution is 2.21. The minimum atomic E-state index is -0.194. The number of pyridine rings is 1. The summed E-state index contributed by atoms with van der Waals surface area (Å²) in [6, 6.07) is 9.10. The zero-order valence-electron chi connectivity index (χ0n) is 11.2. The zero-order valence-corrected chi connectivity index (χ0v) is 11.2. The second-order valence-electron chi connectivity index (χ2n) is 4.31. The quantitative estimate of drug-likeness (QED) is 0.918. The fourth-order valence-electron chi connectivity index (χ4n) is 1.71. The van der Waals surface area contributed by atoms with E-state index in [2.05, 4.69) is 10.3 Å². The molecule has 0 saturated carbocycles. The van der Waals surface area contributed by atoms with Gasteiger partial charge in [0.2, 0.25) is 0 Å². The van der Waals surface area contributed by atoms with E-state index in [4.69, 9.17) is 4.74 Å². The Balaban J connectivity index is 2.23. The Morgan fingerprint density at radius 2 is 2.00 bits per heavy atom. The molecule has 4 heteroatoms. The summed E-state index contributed by atoms with van der Waals surface area (Å²) in [6.45, 7) is 3.99. The number of aryl methyl sites for hydroxylation is 2. The van der Waals surface area contributed by atoms with Crippen LogP contribution < -0.4 is 10.1 Å².